The van der Waals surface area contributed by atoms with Gasteiger partial charge in [0.25, 0.3) is 0 Å². The van der Waals surface area contributed by atoms with Gasteiger partial charge in [0.15, 0.2) is 0 Å². The molecule has 3 rings (SSSR count). The van der Waals surface area contributed by atoms with Gasteiger partial charge in [-0.15, -0.1) is 0 Å². The average Bonchev–Trinajstić information content (AvgIpc) is 2.62. The fourth-order valence-electron chi connectivity index (χ4n) is 2.34. The molecule has 0 aliphatic carbocycles. The number of halogens is 1. The van der Waals surface area contributed by atoms with E-state index in [1.165, 1.54) is 11.1 Å². The SMILES string of the molecule is N#Cc1ccc(C=Cc2ccc(-c3ccccc3)cc2)c(Cl)c1. The predicted octanol–water partition coefficient (Wildman–Crippen LogP) is 6.05. The molecule has 0 saturated carbocycles. The van der Waals surface area contributed by atoms with Gasteiger partial charge < -0.3 is 0 Å². The van der Waals surface area contributed by atoms with E-state index in [-0.39, 0.29) is 0 Å². The Bertz CT molecular complexity index is 872. The van der Waals surface area contributed by atoms with Crippen LogP contribution in [0.5, 0.6) is 0 Å². The minimum absolute atomic E-state index is 0.569. The van der Waals surface area contributed by atoms with Crippen molar-refractivity contribution in [1.82, 2.24) is 0 Å². The number of rotatable bonds is 3. The van der Waals surface area contributed by atoms with Crippen LogP contribution in [0.3, 0.4) is 0 Å². The van der Waals surface area contributed by atoms with Gasteiger partial charge in [-0.1, -0.05) is 84.4 Å². The highest BCUT2D eigenvalue weighted by atomic mass is 35.5. The Morgan fingerprint density at radius 2 is 1.48 bits per heavy atom. The zero-order valence-corrected chi connectivity index (χ0v) is 13.2. The monoisotopic (exact) mass is 315 g/mol. The third-order valence-corrected chi connectivity index (χ3v) is 3.93. The second-order valence-corrected chi connectivity index (χ2v) is 5.58. The minimum atomic E-state index is 0.569. The van der Waals surface area contributed by atoms with Gasteiger partial charge in [-0.05, 0) is 34.4 Å². The van der Waals surface area contributed by atoms with Crippen LogP contribution < -0.4 is 0 Å². The Hall–Kier alpha value is -2.82. The topological polar surface area (TPSA) is 23.8 Å². The first-order valence-electron chi connectivity index (χ1n) is 7.29. The molecular formula is C21H14ClN. The molecule has 0 saturated heterocycles. The standard InChI is InChI=1S/C21H14ClN/c22-21-14-17(15-23)9-13-20(21)12-8-16-6-10-19(11-7-16)18-4-2-1-3-5-18/h1-14H. The smallest absolute Gasteiger partial charge is 0.0992 e. The van der Waals surface area contributed by atoms with Crippen molar-refractivity contribution < 1.29 is 0 Å². The van der Waals surface area contributed by atoms with Gasteiger partial charge in [-0.2, -0.15) is 5.26 Å². The summed E-state index contributed by atoms with van der Waals surface area (Å²) in [5.41, 5.74) is 4.97. The Balaban J connectivity index is 1.80. The van der Waals surface area contributed by atoms with Crippen LogP contribution in [0.15, 0.2) is 72.8 Å². The van der Waals surface area contributed by atoms with Gasteiger partial charge in [0.1, 0.15) is 0 Å². The molecular weight excluding hydrogens is 302 g/mol. The number of nitrogens with zero attached hydrogens (tertiary/aromatic N) is 1. The number of benzene rings is 3. The van der Waals surface area contributed by atoms with Crippen molar-refractivity contribution in [3.8, 4) is 17.2 Å². The number of hydrogen-bond acceptors (Lipinski definition) is 1. The van der Waals surface area contributed by atoms with E-state index in [0.29, 0.717) is 10.6 Å². The van der Waals surface area contributed by atoms with Gasteiger partial charge in [0, 0.05) is 5.02 Å². The zero-order chi connectivity index (χ0) is 16.1. The summed E-state index contributed by atoms with van der Waals surface area (Å²) in [7, 11) is 0. The van der Waals surface area contributed by atoms with Gasteiger partial charge in [0.05, 0.1) is 11.6 Å². The molecule has 3 aromatic rings. The van der Waals surface area contributed by atoms with Crippen molar-refractivity contribution in [3.63, 3.8) is 0 Å². The summed E-state index contributed by atoms with van der Waals surface area (Å²) >= 11 is 6.18. The van der Waals surface area contributed by atoms with Gasteiger partial charge in [-0.3, -0.25) is 0 Å². The summed E-state index contributed by atoms with van der Waals surface area (Å²) in [6.07, 6.45) is 3.98. The molecule has 0 aromatic heterocycles. The zero-order valence-electron chi connectivity index (χ0n) is 12.4. The summed E-state index contributed by atoms with van der Waals surface area (Å²) in [5, 5.41) is 9.44. The Kier molecular flexibility index (Phi) is 4.57. The number of hydrogen-bond donors (Lipinski definition) is 0. The highest BCUT2D eigenvalue weighted by Gasteiger charge is 1.99. The first-order valence-corrected chi connectivity index (χ1v) is 7.67. The molecule has 0 fully saturated rings. The Morgan fingerprint density at radius 1 is 0.783 bits per heavy atom. The van der Waals surface area contributed by atoms with E-state index >= 15 is 0 Å². The van der Waals surface area contributed by atoms with Crippen LogP contribution in [0, 0.1) is 11.3 Å². The molecule has 0 spiro atoms. The average molecular weight is 316 g/mol. The van der Waals surface area contributed by atoms with Crippen molar-refractivity contribution in [2.45, 2.75) is 0 Å². The maximum atomic E-state index is 8.85. The fraction of sp³-hybridized carbons (Fsp3) is 0. The molecule has 2 heteroatoms. The van der Waals surface area contributed by atoms with Crippen LogP contribution >= 0.6 is 11.6 Å². The molecule has 0 N–H and O–H groups in total. The van der Waals surface area contributed by atoms with E-state index in [4.69, 9.17) is 16.9 Å². The first-order chi connectivity index (χ1) is 11.3. The quantitative estimate of drug-likeness (QED) is 0.540. The third kappa shape index (κ3) is 3.69. The van der Waals surface area contributed by atoms with Crippen LogP contribution in [0.1, 0.15) is 16.7 Å². The molecule has 0 bridgehead atoms. The summed E-state index contributed by atoms with van der Waals surface area (Å²) < 4.78 is 0. The molecule has 0 aliphatic rings. The molecule has 23 heavy (non-hydrogen) atoms. The van der Waals surface area contributed by atoms with Crippen molar-refractivity contribution in [3.05, 3.63) is 94.5 Å². The molecule has 0 atom stereocenters. The van der Waals surface area contributed by atoms with E-state index in [9.17, 15) is 0 Å². The lowest BCUT2D eigenvalue weighted by molar-refractivity contribution is 1.48. The third-order valence-electron chi connectivity index (χ3n) is 3.60. The minimum Gasteiger partial charge on any atom is -0.192 e. The maximum Gasteiger partial charge on any atom is 0.0992 e. The van der Waals surface area contributed by atoms with Crippen LogP contribution in [-0.2, 0) is 0 Å². The van der Waals surface area contributed by atoms with Gasteiger partial charge in [-0.25, -0.2) is 0 Å². The highest BCUT2D eigenvalue weighted by Crippen LogP contribution is 2.22. The largest absolute Gasteiger partial charge is 0.192 e. The number of nitriles is 1. The van der Waals surface area contributed by atoms with E-state index in [1.54, 1.807) is 12.1 Å². The van der Waals surface area contributed by atoms with Crippen molar-refractivity contribution >= 4 is 23.8 Å². The lowest BCUT2D eigenvalue weighted by atomic mass is 10.0. The van der Waals surface area contributed by atoms with Crippen LogP contribution in [0.25, 0.3) is 23.3 Å². The normalized spacial score (nSPS) is 10.6. The molecule has 1 nitrogen and oxygen atoms in total. The molecule has 0 radical (unpaired) electrons. The predicted molar refractivity (Wildman–Crippen MR) is 97.0 cm³/mol. The van der Waals surface area contributed by atoms with Gasteiger partial charge in [0.2, 0.25) is 0 Å². The van der Waals surface area contributed by atoms with Crippen LogP contribution in [-0.4, -0.2) is 0 Å². The van der Waals surface area contributed by atoms with E-state index in [0.717, 1.165) is 11.1 Å². The summed E-state index contributed by atoms with van der Waals surface area (Å²) in [6.45, 7) is 0. The van der Waals surface area contributed by atoms with Crippen LogP contribution in [0.2, 0.25) is 5.02 Å². The highest BCUT2D eigenvalue weighted by molar-refractivity contribution is 6.32. The lowest BCUT2D eigenvalue weighted by Crippen LogP contribution is -1.80. The molecule has 3 aromatic carbocycles. The summed E-state index contributed by atoms with van der Waals surface area (Å²) in [5.74, 6) is 0. The second kappa shape index (κ2) is 6.96. The van der Waals surface area contributed by atoms with Crippen molar-refractivity contribution in [1.29, 1.82) is 5.26 Å². The van der Waals surface area contributed by atoms with E-state index in [1.807, 2.05) is 36.4 Å². The maximum absolute atomic E-state index is 8.85. The first kappa shape index (κ1) is 15.1. The molecule has 110 valence electrons. The van der Waals surface area contributed by atoms with Crippen molar-refractivity contribution in [2.24, 2.45) is 0 Å². The van der Waals surface area contributed by atoms with E-state index in [2.05, 4.69) is 42.5 Å². The van der Waals surface area contributed by atoms with Gasteiger partial charge >= 0.3 is 0 Å². The Labute approximate surface area is 141 Å². The summed E-state index contributed by atoms with van der Waals surface area (Å²) in [6, 6.07) is 26.0. The van der Waals surface area contributed by atoms with E-state index < -0.39 is 0 Å². The van der Waals surface area contributed by atoms with Crippen molar-refractivity contribution in [2.75, 3.05) is 0 Å². The molecule has 0 unspecified atom stereocenters. The van der Waals surface area contributed by atoms with Crippen LogP contribution in [0.4, 0.5) is 0 Å². The Morgan fingerprint density at radius 3 is 2.13 bits per heavy atom. The molecule has 0 aliphatic heterocycles. The second-order valence-electron chi connectivity index (χ2n) is 5.17. The lowest BCUT2D eigenvalue weighted by Gasteiger charge is -2.02. The molecule has 0 heterocycles. The fourth-order valence-corrected chi connectivity index (χ4v) is 2.58. The summed E-state index contributed by atoms with van der Waals surface area (Å²) in [4.78, 5) is 0. The molecule has 0 amide bonds.